The monoisotopic (exact) mass is 321 g/mol. The molecule has 0 spiro atoms. The summed E-state index contributed by atoms with van der Waals surface area (Å²) in [6, 6.07) is 13.5. The van der Waals surface area contributed by atoms with E-state index >= 15 is 0 Å². The lowest BCUT2D eigenvalue weighted by Crippen LogP contribution is -1.95. The van der Waals surface area contributed by atoms with Crippen LogP contribution >= 0.6 is 11.8 Å². The number of hydrogen-bond donors (Lipinski definition) is 1. The molecule has 1 N–H and O–H groups in total. The van der Waals surface area contributed by atoms with Crippen LogP contribution in [0.15, 0.2) is 46.5 Å². The third-order valence-corrected chi connectivity index (χ3v) is 4.04. The van der Waals surface area contributed by atoms with E-state index in [1.165, 1.54) is 6.07 Å². The SMILES string of the molecule is N#Cc1cc(Sc2nc3ccccc3[nH]2)c([N+](=O)[O-])cc1C#N. The van der Waals surface area contributed by atoms with Crippen molar-refractivity contribution in [1.29, 1.82) is 10.5 Å². The first-order chi connectivity index (χ1) is 11.1. The first-order valence-electron chi connectivity index (χ1n) is 6.37. The Bertz CT molecular complexity index is 980. The Morgan fingerprint density at radius 2 is 1.87 bits per heavy atom. The fraction of sp³-hybridized carbons (Fsp3) is 0. The number of aromatic nitrogens is 2. The molecule has 3 aromatic rings. The fourth-order valence-electron chi connectivity index (χ4n) is 2.06. The molecule has 0 amide bonds. The van der Waals surface area contributed by atoms with E-state index in [1.54, 1.807) is 6.07 Å². The van der Waals surface area contributed by atoms with E-state index in [-0.39, 0.29) is 21.7 Å². The van der Waals surface area contributed by atoms with Crippen molar-refractivity contribution in [2.75, 3.05) is 0 Å². The number of nitro groups is 1. The average molecular weight is 321 g/mol. The zero-order valence-corrected chi connectivity index (χ0v) is 12.3. The zero-order valence-electron chi connectivity index (χ0n) is 11.5. The van der Waals surface area contributed by atoms with Crippen molar-refractivity contribution in [3.63, 3.8) is 0 Å². The minimum Gasteiger partial charge on any atom is -0.333 e. The van der Waals surface area contributed by atoms with E-state index in [1.807, 2.05) is 30.3 Å². The van der Waals surface area contributed by atoms with Crippen LogP contribution in [0.1, 0.15) is 11.1 Å². The van der Waals surface area contributed by atoms with Crippen molar-refractivity contribution in [3.05, 3.63) is 57.6 Å². The van der Waals surface area contributed by atoms with Crippen LogP contribution in [0.5, 0.6) is 0 Å². The Kier molecular flexibility index (Phi) is 3.67. The molecule has 8 heteroatoms. The Morgan fingerprint density at radius 3 is 2.52 bits per heavy atom. The van der Waals surface area contributed by atoms with Gasteiger partial charge in [-0.3, -0.25) is 10.1 Å². The Morgan fingerprint density at radius 1 is 1.17 bits per heavy atom. The molecule has 0 bridgehead atoms. The summed E-state index contributed by atoms with van der Waals surface area (Å²) in [4.78, 5) is 18.3. The molecule has 0 aliphatic heterocycles. The molecule has 1 aromatic heterocycles. The van der Waals surface area contributed by atoms with Crippen molar-refractivity contribution in [3.8, 4) is 12.1 Å². The standard InChI is InChI=1S/C15H7N5O2S/c16-7-9-5-13(20(21)22)14(6-10(9)8-17)23-15-18-11-3-1-2-4-12(11)19-15/h1-6H,(H,18,19). The minimum absolute atomic E-state index is 0.0202. The topological polar surface area (TPSA) is 119 Å². The number of rotatable bonds is 3. The van der Waals surface area contributed by atoms with Crippen LogP contribution < -0.4 is 0 Å². The van der Waals surface area contributed by atoms with Gasteiger partial charge in [0.05, 0.1) is 32.0 Å². The van der Waals surface area contributed by atoms with Crippen LogP contribution in [-0.4, -0.2) is 14.9 Å². The largest absolute Gasteiger partial charge is 0.333 e. The molecule has 7 nitrogen and oxygen atoms in total. The van der Waals surface area contributed by atoms with Gasteiger partial charge in [-0.15, -0.1) is 0 Å². The predicted octanol–water partition coefficient (Wildman–Crippen LogP) is 3.37. The molecule has 110 valence electrons. The van der Waals surface area contributed by atoms with E-state index in [0.29, 0.717) is 5.16 Å². The minimum atomic E-state index is -0.576. The number of para-hydroxylation sites is 2. The number of fused-ring (bicyclic) bond motifs is 1. The van der Waals surface area contributed by atoms with Crippen molar-refractivity contribution in [1.82, 2.24) is 9.97 Å². The highest BCUT2D eigenvalue weighted by molar-refractivity contribution is 7.99. The molecular weight excluding hydrogens is 314 g/mol. The van der Waals surface area contributed by atoms with Gasteiger partial charge in [0, 0.05) is 6.07 Å². The van der Waals surface area contributed by atoms with E-state index in [4.69, 9.17) is 10.5 Å². The van der Waals surface area contributed by atoms with Gasteiger partial charge in [-0.1, -0.05) is 12.1 Å². The summed E-state index contributed by atoms with van der Waals surface area (Å²) in [5, 5.41) is 29.8. The second kappa shape index (κ2) is 5.79. The van der Waals surface area contributed by atoms with Gasteiger partial charge in [0.1, 0.15) is 12.1 Å². The first-order valence-corrected chi connectivity index (χ1v) is 7.19. The van der Waals surface area contributed by atoms with E-state index in [9.17, 15) is 10.1 Å². The third-order valence-electron chi connectivity index (χ3n) is 3.11. The smallest absolute Gasteiger partial charge is 0.284 e. The highest BCUT2D eigenvalue weighted by atomic mass is 32.2. The lowest BCUT2D eigenvalue weighted by molar-refractivity contribution is -0.387. The first kappa shape index (κ1) is 14.6. The number of hydrogen-bond acceptors (Lipinski definition) is 6. The van der Waals surface area contributed by atoms with Crippen LogP contribution in [0, 0.1) is 32.8 Å². The van der Waals surface area contributed by atoms with Gasteiger partial charge in [-0.2, -0.15) is 10.5 Å². The zero-order chi connectivity index (χ0) is 16.4. The van der Waals surface area contributed by atoms with Crippen LogP contribution in [0.2, 0.25) is 0 Å². The van der Waals surface area contributed by atoms with Crippen molar-refractivity contribution in [2.45, 2.75) is 10.1 Å². The van der Waals surface area contributed by atoms with E-state index < -0.39 is 4.92 Å². The lowest BCUT2D eigenvalue weighted by Gasteiger charge is -2.02. The molecule has 3 rings (SSSR count). The number of nitrogens with zero attached hydrogens (tertiary/aromatic N) is 4. The molecule has 0 aliphatic carbocycles. The molecule has 0 saturated carbocycles. The highest BCUT2D eigenvalue weighted by Gasteiger charge is 2.20. The summed E-state index contributed by atoms with van der Waals surface area (Å²) in [6.07, 6.45) is 0. The summed E-state index contributed by atoms with van der Waals surface area (Å²) >= 11 is 1.05. The average Bonchev–Trinajstić information content (AvgIpc) is 2.96. The van der Waals surface area contributed by atoms with Gasteiger partial charge >= 0.3 is 0 Å². The number of imidazole rings is 1. The lowest BCUT2D eigenvalue weighted by atomic mass is 10.1. The summed E-state index contributed by atoms with van der Waals surface area (Å²) < 4.78 is 0. The number of benzene rings is 2. The van der Waals surface area contributed by atoms with Gasteiger partial charge in [0.25, 0.3) is 5.69 Å². The van der Waals surface area contributed by atoms with Crippen molar-refractivity contribution in [2.24, 2.45) is 0 Å². The van der Waals surface area contributed by atoms with Gasteiger partial charge in [0.2, 0.25) is 0 Å². The second-order valence-corrected chi connectivity index (χ2v) is 5.54. The molecule has 1 heterocycles. The molecule has 0 atom stereocenters. The number of H-pyrrole nitrogens is 1. The molecule has 0 radical (unpaired) electrons. The maximum atomic E-state index is 11.2. The molecule has 0 saturated heterocycles. The predicted molar refractivity (Wildman–Crippen MR) is 82.7 cm³/mol. The maximum absolute atomic E-state index is 11.2. The summed E-state index contributed by atoms with van der Waals surface area (Å²) in [5.74, 6) is 0. The van der Waals surface area contributed by atoms with Crippen LogP contribution in [0.25, 0.3) is 11.0 Å². The highest BCUT2D eigenvalue weighted by Crippen LogP contribution is 2.36. The summed E-state index contributed by atoms with van der Waals surface area (Å²) in [5.41, 5.74) is 1.40. The fourth-order valence-corrected chi connectivity index (χ4v) is 2.99. The number of nitriles is 2. The molecule has 0 fully saturated rings. The summed E-state index contributed by atoms with van der Waals surface area (Å²) in [7, 11) is 0. The number of nitro benzene ring substituents is 1. The Balaban J connectivity index is 2.09. The van der Waals surface area contributed by atoms with Crippen LogP contribution in [-0.2, 0) is 0 Å². The van der Waals surface area contributed by atoms with Crippen LogP contribution in [0.4, 0.5) is 5.69 Å². The van der Waals surface area contributed by atoms with Gasteiger partial charge < -0.3 is 4.98 Å². The molecule has 2 aromatic carbocycles. The quantitative estimate of drug-likeness (QED) is 0.583. The Hall–Kier alpha value is -3.36. The molecule has 0 aliphatic rings. The summed E-state index contributed by atoms with van der Waals surface area (Å²) in [6.45, 7) is 0. The number of aromatic amines is 1. The normalized spacial score (nSPS) is 10.2. The molecular formula is C15H7N5O2S. The third kappa shape index (κ3) is 2.71. The van der Waals surface area contributed by atoms with E-state index in [0.717, 1.165) is 28.9 Å². The molecule has 23 heavy (non-hydrogen) atoms. The van der Waals surface area contributed by atoms with Crippen LogP contribution in [0.3, 0.4) is 0 Å². The Labute approximate surface area is 134 Å². The van der Waals surface area contributed by atoms with Gasteiger partial charge in [0.15, 0.2) is 5.16 Å². The van der Waals surface area contributed by atoms with Gasteiger partial charge in [-0.25, -0.2) is 4.98 Å². The van der Waals surface area contributed by atoms with Gasteiger partial charge in [-0.05, 0) is 30.0 Å². The maximum Gasteiger partial charge on any atom is 0.284 e. The van der Waals surface area contributed by atoms with Crippen molar-refractivity contribution < 1.29 is 4.92 Å². The second-order valence-electron chi connectivity index (χ2n) is 4.51. The molecule has 0 unspecified atom stereocenters. The number of nitrogens with one attached hydrogen (secondary N) is 1. The van der Waals surface area contributed by atoms with Crippen molar-refractivity contribution >= 4 is 28.5 Å². The van der Waals surface area contributed by atoms with E-state index in [2.05, 4.69) is 9.97 Å².